The summed E-state index contributed by atoms with van der Waals surface area (Å²) in [6.07, 6.45) is 0. The summed E-state index contributed by atoms with van der Waals surface area (Å²) in [4.78, 5) is 39.9. The highest BCUT2D eigenvalue weighted by atomic mass is 19.1. The molecule has 1 saturated heterocycles. The average Bonchev–Trinajstić information content (AvgIpc) is 3.29. The molecule has 2 aliphatic heterocycles. The summed E-state index contributed by atoms with van der Waals surface area (Å²) in [6.45, 7) is 0.338. The molecule has 0 aliphatic carbocycles. The van der Waals surface area contributed by atoms with Gasteiger partial charge in [0.25, 0.3) is 5.69 Å². The fourth-order valence-corrected chi connectivity index (χ4v) is 5.34. The predicted octanol–water partition coefficient (Wildman–Crippen LogP) is 4.11. The first-order valence-corrected chi connectivity index (χ1v) is 10.5. The van der Waals surface area contributed by atoms with Crippen molar-refractivity contribution >= 4 is 23.1 Å². The van der Waals surface area contributed by atoms with E-state index in [1.807, 2.05) is 0 Å². The summed E-state index contributed by atoms with van der Waals surface area (Å²) >= 11 is 0. The normalized spacial score (nSPS) is 24.0. The molecule has 0 saturated carbocycles. The Hall–Kier alpha value is -3.91. The van der Waals surface area contributed by atoms with E-state index >= 15 is 0 Å². The molecule has 0 bridgehead atoms. The van der Waals surface area contributed by atoms with Gasteiger partial charge >= 0.3 is 0 Å². The van der Waals surface area contributed by atoms with Crippen LogP contribution in [0.4, 0.5) is 15.8 Å². The zero-order valence-corrected chi connectivity index (χ0v) is 17.7. The van der Waals surface area contributed by atoms with Crippen LogP contribution in [0.25, 0.3) is 0 Å². The Kier molecular flexibility index (Phi) is 4.83. The zero-order valence-electron chi connectivity index (χ0n) is 17.7. The van der Waals surface area contributed by atoms with E-state index in [9.17, 15) is 24.1 Å². The number of fused-ring (bicyclic) bond motifs is 2. The number of non-ortho nitro benzene ring substituents is 1. The third-order valence-electron chi connectivity index (χ3n) is 6.78. The largest absolute Gasteiger partial charge is 0.324 e. The molecule has 3 aromatic carbocycles. The molecule has 7 nitrogen and oxygen atoms in total. The number of amides is 1. The third kappa shape index (κ3) is 3.06. The van der Waals surface area contributed by atoms with Crippen LogP contribution in [0.15, 0.2) is 72.8 Å². The monoisotopic (exact) mass is 445 g/mol. The summed E-state index contributed by atoms with van der Waals surface area (Å²) in [7, 11) is 1.75. The van der Waals surface area contributed by atoms with Gasteiger partial charge in [-0.15, -0.1) is 0 Å². The Morgan fingerprint density at radius 3 is 2.48 bits per heavy atom. The minimum absolute atomic E-state index is 0.0585. The smallest absolute Gasteiger partial charge is 0.269 e. The van der Waals surface area contributed by atoms with Crippen molar-refractivity contribution in [3.05, 3.63) is 105 Å². The summed E-state index contributed by atoms with van der Waals surface area (Å²) in [5, 5.41) is 13.9. The van der Waals surface area contributed by atoms with Crippen LogP contribution < -0.4 is 5.32 Å². The number of Topliss-reactive ketones (excluding diaryl/α,β-unsaturated/α-hetero) is 1. The van der Waals surface area contributed by atoms with Gasteiger partial charge in [0.05, 0.1) is 10.8 Å². The number of nitrogens with one attached hydrogen (secondary N) is 1. The van der Waals surface area contributed by atoms with Gasteiger partial charge in [0, 0.05) is 41.4 Å². The van der Waals surface area contributed by atoms with Crippen molar-refractivity contribution in [2.75, 3.05) is 18.9 Å². The number of anilines is 1. The second-order valence-corrected chi connectivity index (χ2v) is 8.45. The quantitative estimate of drug-likeness (QED) is 0.371. The second kappa shape index (κ2) is 7.60. The van der Waals surface area contributed by atoms with Crippen LogP contribution in [-0.4, -0.2) is 35.1 Å². The molecule has 1 amide bonds. The Bertz CT molecular complexity index is 1280. The van der Waals surface area contributed by atoms with Gasteiger partial charge in [-0.1, -0.05) is 42.5 Å². The number of nitro benzene ring substituents is 1. The molecule has 8 heteroatoms. The van der Waals surface area contributed by atoms with Crippen molar-refractivity contribution in [2.45, 2.75) is 11.5 Å². The van der Waals surface area contributed by atoms with E-state index in [1.165, 1.54) is 30.3 Å². The maximum Gasteiger partial charge on any atom is 0.269 e. The highest BCUT2D eigenvalue weighted by Gasteiger charge is 2.64. The fraction of sp³-hybridized carbons (Fsp3) is 0.200. The van der Waals surface area contributed by atoms with Crippen molar-refractivity contribution in [3.63, 3.8) is 0 Å². The molecule has 3 aromatic rings. The van der Waals surface area contributed by atoms with Crippen LogP contribution in [0.1, 0.15) is 27.4 Å². The van der Waals surface area contributed by atoms with Crippen LogP contribution in [0, 0.1) is 21.8 Å². The molecule has 2 heterocycles. The van der Waals surface area contributed by atoms with Crippen LogP contribution in [0.5, 0.6) is 0 Å². The third-order valence-corrected chi connectivity index (χ3v) is 6.78. The van der Waals surface area contributed by atoms with Crippen molar-refractivity contribution < 1.29 is 18.9 Å². The molecule has 5 rings (SSSR count). The van der Waals surface area contributed by atoms with Crippen LogP contribution >= 0.6 is 0 Å². The molecular formula is C25H20FN3O4. The lowest BCUT2D eigenvalue weighted by atomic mass is 9.70. The van der Waals surface area contributed by atoms with Gasteiger partial charge in [-0.2, -0.15) is 0 Å². The Labute approximate surface area is 189 Å². The first-order valence-electron chi connectivity index (χ1n) is 10.5. The summed E-state index contributed by atoms with van der Waals surface area (Å²) < 4.78 is 14.3. The van der Waals surface area contributed by atoms with Crippen molar-refractivity contribution in [1.29, 1.82) is 0 Å². The maximum atomic E-state index is 14.3. The number of nitrogens with zero attached hydrogens (tertiary/aromatic N) is 2. The lowest BCUT2D eigenvalue weighted by Crippen LogP contribution is -2.51. The lowest BCUT2D eigenvalue weighted by Gasteiger charge is -2.35. The Balaban J connectivity index is 1.71. The van der Waals surface area contributed by atoms with Gasteiger partial charge in [0.15, 0.2) is 5.78 Å². The SMILES string of the molecule is CN1CC(c2ccc([N+](=O)[O-])cc2)C(C(=O)c2ccccc2)C12C(=O)Nc1ccc(F)cc12. The van der Waals surface area contributed by atoms with Crippen molar-refractivity contribution in [2.24, 2.45) is 5.92 Å². The minimum atomic E-state index is -1.41. The van der Waals surface area contributed by atoms with Gasteiger partial charge in [0.1, 0.15) is 11.4 Å². The van der Waals surface area contributed by atoms with Gasteiger partial charge in [0.2, 0.25) is 5.91 Å². The van der Waals surface area contributed by atoms with E-state index < -0.39 is 28.1 Å². The van der Waals surface area contributed by atoms with Crippen molar-refractivity contribution in [3.8, 4) is 0 Å². The Morgan fingerprint density at radius 2 is 1.82 bits per heavy atom. The molecule has 166 valence electrons. The van der Waals surface area contributed by atoms with E-state index in [0.29, 0.717) is 28.9 Å². The predicted molar refractivity (Wildman–Crippen MR) is 119 cm³/mol. The molecule has 0 aromatic heterocycles. The van der Waals surface area contributed by atoms with Crippen molar-refractivity contribution in [1.82, 2.24) is 4.90 Å². The Morgan fingerprint density at radius 1 is 1.12 bits per heavy atom. The zero-order chi connectivity index (χ0) is 23.3. The summed E-state index contributed by atoms with van der Waals surface area (Å²) in [5.41, 5.74) is 0.587. The number of rotatable bonds is 4. The van der Waals surface area contributed by atoms with Crippen LogP contribution in [0.2, 0.25) is 0 Å². The number of nitro groups is 1. The molecule has 3 unspecified atom stereocenters. The first-order chi connectivity index (χ1) is 15.8. The topological polar surface area (TPSA) is 92.5 Å². The number of benzene rings is 3. The second-order valence-electron chi connectivity index (χ2n) is 8.45. The standard InChI is InChI=1S/C25H20FN3O4/c1-28-14-19(15-7-10-18(11-8-15)29(32)33)22(23(30)16-5-3-2-4-6-16)25(28)20-13-17(26)9-12-21(20)27-24(25)31/h2-13,19,22H,14H2,1H3,(H,27,31). The van der Waals surface area contributed by atoms with Gasteiger partial charge in [-0.25, -0.2) is 4.39 Å². The molecule has 2 aliphatic rings. The van der Waals surface area contributed by atoms with E-state index in [4.69, 9.17) is 0 Å². The molecule has 33 heavy (non-hydrogen) atoms. The summed E-state index contributed by atoms with van der Waals surface area (Å²) in [6, 6.07) is 18.8. The molecule has 1 spiro atoms. The number of halogens is 1. The molecule has 3 atom stereocenters. The van der Waals surface area contributed by atoms with Crippen LogP contribution in [0.3, 0.4) is 0 Å². The van der Waals surface area contributed by atoms with Gasteiger partial charge in [-0.3, -0.25) is 24.6 Å². The maximum absolute atomic E-state index is 14.3. The average molecular weight is 445 g/mol. The van der Waals surface area contributed by atoms with Gasteiger partial charge in [-0.05, 0) is 30.8 Å². The molecule has 1 N–H and O–H groups in total. The number of likely N-dealkylation sites (N-methyl/N-ethyl adjacent to an activating group) is 1. The van der Waals surface area contributed by atoms with Crippen LogP contribution in [-0.2, 0) is 10.3 Å². The van der Waals surface area contributed by atoms with E-state index in [-0.39, 0.29) is 17.4 Å². The highest BCUT2D eigenvalue weighted by Crippen LogP contribution is 2.55. The first kappa shape index (κ1) is 21.0. The molecule has 1 fully saturated rings. The minimum Gasteiger partial charge on any atom is -0.324 e. The number of ketones is 1. The number of likely N-dealkylation sites (tertiary alicyclic amines) is 1. The molecule has 0 radical (unpaired) electrons. The number of carbonyl (C=O) groups excluding carboxylic acids is 2. The van der Waals surface area contributed by atoms with E-state index in [2.05, 4.69) is 5.32 Å². The fourth-order valence-electron chi connectivity index (χ4n) is 5.34. The highest BCUT2D eigenvalue weighted by molar-refractivity contribution is 6.12. The summed E-state index contributed by atoms with van der Waals surface area (Å²) in [5.74, 6) is -2.43. The van der Waals surface area contributed by atoms with E-state index in [0.717, 1.165) is 0 Å². The number of carbonyl (C=O) groups is 2. The van der Waals surface area contributed by atoms with Gasteiger partial charge < -0.3 is 5.32 Å². The number of hydrogen-bond donors (Lipinski definition) is 1. The molecular weight excluding hydrogens is 425 g/mol. The lowest BCUT2D eigenvalue weighted by molar-refractivity contribution is -0.384. The number of hydrogen-bond acceptors (Lipinski definition) is 5. The van der Waals surface area contributed by atoms with E-state index in [1.54, 1.807) is 54.4 Å².